The summed E-state index contributed by atoms with van der Waals surface area (Å²) in [7, 11) is -2.20. The third-order valence-corrected chi connectivity index (χ3v) is 5.12. The SMILES string of the molecule is COc1ccc(Sc2cc(N)cc(S(N)(=O)=O)c2C)cc1. The summed E-state index contributed by atoms with van der Waals surface area (Å²) in [4.78, 5) is 1.76. The zero-order valence-electron chi connectivity index (χ0n) is 11.7. The molecule has 0 amide bonds. The highest BCUT2D eigenvalue weighted by molar-refractivity contribution is 7.99. The molecule has 0 bridgehead atoms. The van der Waals surface area contributed by atoms with Gasteiger partial charge in [0.15, 0.2) is 0 Å². The van der Waals surface area contributed by atoms with Crippen molar-refractivity contribution in [1.82, 2.24) is 0 Å². The van der Waals surface area contributed by atoms with Crippen molar-refractivity contribution in [2.75, 3.05) is 12.8 Å². The molecule has 21 heavy (non-hydrogen) atoms. The third kappa shape index (κ3) is 3.69. The van der Waals surface area contributed by atoms with E-state index in [1.165, 1.54) is 17.8 Å². The first-order chi connectivity index (χ1) is 9.81. The largest absolute Gasteiger partial charge is 0.497 e. The van der Waals surface area contributed by atoms with Gasteiger partial charge in [0.1, 0.15) is 5.75 Å². The van der Waals surface area contributed by atoms with Crippen molar-refractivity contribution >= 4 is 27.5 Å². The van der Waals surface area contributed by atoms with Crippen molar-refractivity contribution in [3.8, 4) is 5.75 Å². The first kappa shape index (κ1) is 15.7. The van der Waals surface area contributed by atoms with Crippen LogP contribution in [-0.4, -0.2) is 15.5 Å². The predicted molar refractivity (Wildman–Crippen MR) is 84.1 cm³/mol. The maximum atomic E-state index is 11.6. The van der Waals surface area contributed by atoms with Crippen LogP contribution in [0.15, 0.2) is 51.1 Å². The molecule has 2 aromatic rings. The van der Waals surface area contributed by atoms with E-state index in [0.29, 0.717) is 11.3 Å². The van der Waals surface area contributed by atoms with Gasteiger partial charge in [-0.1, -0.05) is 11.8 Å². The Hall–Kier alpha value is -1.70. The number of nitrogen functional groups attached to an aromatic ring is 1. The topological polar surface area (TPSA) is 95.4 Å². The fourth-order valence-electron chi connectivity index (χ4n) is 1.85. The average Bonchev–Trinajstić information content (AvgIpc) is 2.42. The normalized spacial score (nSPS) is 11.4. The van der Waals surface area contributed by atoms with Crippen LogP contribution >= 0.6 is 11.8 Å². The van der Waals surface area contributed by atoms with Crippen molar-refractivity contribution in [2.24, 2.45) is 5.14 Å². The molecule has 112 valence electrons. The molecule has 0 radical (unpaired) electrons. The van der Waals surface area contributed by atoms with Crippen molar-refractivity contribution in [3.05, 3.63) is 42.0 Å². The number of methoxy groups -OCH3 is 1. The molecule has 0 aliphatic rings. The van der Waals surface area contributed by atoms with Crippen molar-refractivity contribution < 1.29 is 13.2 Å². The highest BCUT2D eigenvalue weighted by Crippen LogP contribution is 2.35. The Morgan fingerprint density at radius 3 is 2.29 bits per heavy atom. The fourth-order valence-corrected chi connectivity index (χ4v) is 3.74. The number of rotatable bonds is 4. The Labute approximate surface area is 128 Å². The maximum Gasteiger partial charge on any atom is 0.238 e. The minimum atomic E-state index is -3.79. The van der Waals surface area contributed by atoms with Crippen LogP contribution in [-0.2, 0) is 10.0 Å². The number of primary sulfonamides is 1. The monoisotopic (exact) mass is 324 g/mol. The highest BCUT2D eigenvalue weighted by atomic mass is 32.2. The Morgan fingerprint density at radius 2 is 1.76 bits per heavy atom. The molecule has 0 aromatic heterocycles. The number of anilines is 1. The second kappa shape index (κ2) is 5.97. The molecule has 7 heteroatoms. The van der Waals surface area contributed by atoms with E-state index < -0.39 is 10.0 Å². The number of hydrogen-bond acceptors (Lipinski definition) is 5. The van der Waals surface area contributed by atoms with Gasteiger partial charge in [0.2, 0.25) is 10.0 Å². The van der Waals surface area contributed by atoms with E-state index in [1.54, 1.807) is 20.1 Å². The van der Waals surface area contributed by atoms with Gasteiger partial charge in [0.05, 0.1) is 12.0 Å². The van der Waals surface area contributed by atoms with Gasteiger partial charge < -0.3 is 10.5 Å². The van der Waals surface area contributed by atoms with E-state index in [0.717, 1.165) is 15.5 Å². The number of nitrogens with two attached hydrogens (primary N) is 2. The standard InChI is InChI=1S/C14H16N2O3S2/c1-9-13(7-10(15)8-14(9)21(16,17)18)20-12-5-3-11(19-2)4-6-12/h3-8H,15H2,1-2H3,(H2,16,17,18). The highest BCUT2D eigenvalue weighted by Gasteiger charge is 2.16. The van der Waals surface area contributed by atoms with Gasteiger partial charge in [-0.25, -0.2) is 13.6 Å². The molecule has 2 rings (SSSR count). The molecular formula is C14H16N2O3S2. The molecule has 0 heterocycles. The van der Waals surface area contributed by atoms with Crippen LogP contribution in [0.4, 0.5) is 5.69 Å². The van der Waals surface area contributed by atoms with Crippen LogP contribution in [0.2, 0.25) is 0 Å². The lowest BCUT2D eigenvalue weighted by atomic mass is 10.2. The van der Waals surface area contributed by atoms with Gasteiger partial charge in [-0.3, -0.25) is 0 Å². The number of ether oxygens (including phenoxy) is 1. The lowest BCUT2D eigenvalue weighted by Gasteiger charge is -2.11. The van der Waals surface area contributed by atoms with Crippen LogP contribution in [0.3, 0.4) is 0 Å². The van der Waals surface area contributed by atoms with Gasteiger partial charge in [-0.05, 0) is 48.9 Å². The molecule has 0 spiro atoms. The fraction of sp³-hybridized carbons (Fsp3) is 0.143. The van der Waals surface area contributed by atoms with Gasteiger partial charge >= 0.3 is 0 Å². The smallest absolute Gasteiger partial charge is 0.238 e. The Bertz CT molecular complexity index is 757. The number of hydrogen-bond donors (Lipinski definition) is 2. The van der Waals surface area contributed by atoms with E-state index in [1.807, 2.05) is 24.3 Å². The third-order valence-electron chi connectivity index (χ3n) is 2.93. The quantitative estimate of drug-likeness (QED) is 0.842. The van der Waals surface area contributed by atoms with Gasteiger partial charge in [-0.2, -0.15) is 0 Å². The minimum absolute atomic E-state index is 0.0542. The average molecular weight is 324 g/mol. The van der Waals surface area contributed by atoms with Crippen LogP contribution < -0.4 is 15.6 Å². The second-order valence-corrected chi connectivity index (χ2v) is 7.11. The van der Waals surface area contributed by atoms with Crippen LogP contribution in [0.1, 0.15) is 5.56 Å². The summed E-state index contributed by atoms with van der Waals surface area (Å²) >= 11 is 1.42. The first-order valence-corrected chi connectivity index (χ1v) is 8.42. The summed E-state index contributed by atoms with van der Waals surface area (Å²) in [5.41, 5.74) is 6.72. The molecule has 0 unspecified atom stereocenters. The molecule has 5 nitrogen and oxygen atoms in total. The lowest BCUT2D eigenvalue weighted by Crippen LogP contribution is -2.14. The van der Waals surface area contributed by atoms with E-state index >= 15 is 0 Å². The molecular weight excluding hydrogens is 308 g/mol. The summed E-state index contributed by atoms with van der Waals surface area (Å²) in [5.74, 6) is 0.758. The number of benzene rings is 2. The van der Waals surface area contributed by atoms with Crippen LogP contribution in [0.25, 0.3) is 0 Å². The lowest BCUT2D eigenvalue weighted by molar-refractivity contribution is 0.414. The van der Waals surface area contributed by atoms with Crippen LogP contribution in [0.5, 0.6) is 5.75 Å². The zero-order valence-corrected chi connectivity index (χ0v) is 13.3. The van der Waals surface area contributed by atoms with E-state index in [9.17, 15) is 8.42 Å². The van der Waals surface area contributed by atoms with Crippen molar-refractivity contribution in [3.63, 3.8) is 0 Å². The predicted octanol–water partition coefficient (Wildman–Crippen LogP) is 2.38. The molecule has 0 aliphatic carbocycles. The molecule has 0 aliphatic heterocycles. The summed E-state index contributed by atoms with van der Waals surface area (Å²) in [6.45, 7) is 1.71. The van der Waals surface area contributed by atoms with E-state index in [4.69, 9.17) is 15.6 Å². The summed E-state index contributed by atoms with van der Waals surface area (Å²) in [6.07, 6.45) is 0. The molecule has 0 saturated carbocycles. The second-order valence-electron chi connectivity index (χ2n) is 4.46. The molecule has 2 aromatic carbocycles. The summed E-state index contributed by atoms with van der Waals surface area (Å²) < 4.78 is 28.3. The summed E-state index contributed by atoms with van der Waals surface area (Å²) in [6, 6.07) is 10.6. The summed E-state index contributed by atoms with van der Waals surface area (Å²) in [5, 5.41) is 5.22. The molecule has 0 fully saturated rings. The maximum absolute atomic E-state index is 11.6. The van der Waals surface area contributed by atoms with Crippen LogP contribution in [0, 0.1) is 6.92 Å². The Morgan fingerprint density at radius 1 is 1.14 bits per heavy atom. The zero-order chi connectivity index (χ0) is 15.6. The molecule has 0 saturated heterocycles. The Balaban J connectivity index is 2.42. The van der Waals surface area contributed by atoms with Crippen molar-refractivity contribution in [1.29, 1.82) is 0 Å². The number of sulfonamides is 1. The minimum Gasteiger partial charge on any atom is -0.497 e. The van der Waals surface area contributed by atoms with E-state index in [2.05, 4.69) is 0 Å². The van der Waals surface area contributed by atoms with Gasteiger partial charge in [-0.15, -0.1) is 0 Å². The van der Waals surface area contributed by atoms with E-state index in [-0.39, 0.29) is 4.90 Å². The van der Waals surface area contributed by atoms with Crippen molar-refractivity contribution in [2.45, 2.75) is 21.6 Å². The molecule has 4 N–H and O–H groups in total. The Kier molecular flexibility index (Phi) is 4.46. The first-order valence-electron chi connectivity index (χ1n) is 6.06. The molecule has 0 atom stereocenters. The van der Waals surface area contributed by atoms with Gasteiger partial charge in [0, 0.05) is 15.5 Å². The van der Waals surface area contributed by atoms with Gasteiger partial charge in [0.25, 0.3) is 0 Å².